The fourth-order valence-corrected chi connectivity index (χ4v) is 2.22. The molecule has 1 aliphatic carbocycles. The van der Waals surface area contributed by atoms with Crippen LogP contribution < -0.4 is 0 Å². The van der Waals surface area contributed by atoms with E-state index in [9.17, 15) is 0 Å². The average molecular weight is 226 g/mol. The minimum absolute atomic E-state index is 0.544. The number of hydrogen-bond donors (Lipinski definition) is 0. The SMILES string of the molecule is C=C=C(C)C(C=C)=C(C)C1=C(C)C1C=CCC. The maximum atomic E-state index is 3.89. The highest BCUT2D eigenvalue weighted by Gasteiger charge is 2.32. The van der Waals surface area contributed by atoms with Gasteiger partial charge in [0, 0.05) is 5.92 Å². The van der Waals surface area contributed by atoms with Crippen molar-refractivity contribution in [3.63, 3.8) is 0 Å². The molecule has 0 aromatic rings. The Morgan fingerprint density at radius 3 is 2.53 bits per heavy atom. The van der Waals surface area contributed by atoms with Gasteiger partial charge in [-0.2, -0.15) is 0 Å². The Morgan fingerprint density at radius 1 is 1.41 bits per heavy atom. The summed E-state index contributed by atoms with van der Waals surface area (Å²) < 4.78 is 0. The minimum atomic E-state index is 0.544. The van der Waals surface area contributed by atoms with Crippen molar-refractivity contribution >= 4 is 0 Å². The number of hydrogen-bond acceptors (Lipinski definition) is 0. The molecule has 0 saturated heterocycles. The van der Waals surface area contributed by atoms with E-state index in [1.807, 2.05) is 13.0 Å². The predicted octanol–water partition coefficient (Wildman–Crippen LogP) is 5.13. The summed E-state index contributed by atoms with van der Waals surface area (Å²) in [6.07, 6.45) is 7.53. The van der Waals surface area contributed by atoms with E-state index in [0.29, 0.717) is 5.92 Å². The molecule has 1 rings (SSSR count). The Balaban J connectivity index is 3.02. The third kappa shape index (κ3) is 2.78. The zero-order valence-corrected chi connectivity index (χ0v) is 11.4. The number of allylic oxidation sites excluding steroid dienone is 8. The van der Waals surface area contributed by atoms with E-state index in [-0.39, 0.29) is 0 Å². The summed E-state index contributed by atoms with van der Waals surface area (Å²) in [7, 11) is 0. The highest BCUT2D eigenvalue weighted by atomic mass is 14.4. The molecule has 17 heavy (non-hydrogen) atoms. The Bertz CT molecular complexity index is 460. The van der Waals surface area contributed by atoms with Gasteiger partial charge in [0.25, 0.3) is 0 Å². The van der Waals surface area contributed by atoms with Gasteiger partial charge in [0.05, 0.1) is 0 Å². The van der Waals surface area contributed by atoms with E-state index in [1.165, 1.54) is 22.3 Å². The third-order valence-electron chi connectivity index (χ3n) is 3.36. The lowest BCUT2D eigenvalue weighted by atomic mass is 9.99. The van der Waals surface area contributed by atoms with E-state index in [4.69, 9.17) is 0 Å². The van der Waals surface area contributed by atoms with Crippen LogP contribution in [0.3, 0.4) is 0 Å². The quantitative estimate of drug-likeness (QED) is 0.346. The van der Waals surface area contributed by atoms with Gasteiger partial charge in [-0.15, -0.1) is 5.73 Å². The van der Waals surface area contributed by atoms with Crippen molar-refractivity contribution in [1.82, 2.24) is 0 Å². The van der Waals surface area contributed by atoms with Gasteiger partial charge in [-0.3, -0.25) is 0 Å². The van der Waals surface area contributed by atoms with E-state index >= 15 is 0 Å². The molecule has 0 aliphatic heterocycles. The molecule has 0 amide bonds. The van der Waals surface area contributed by atoms with Gasteiger partial charge in [-0.1, -0.05) is 43.9 Å². The maximum Gasteiger partial charge on any atom is 0.0234 e. The first-order chi connectivity index (χ1) is 8.08. The third-order valence-corrected chi connectivity index (χ3v) is 3.36. The van der Waals surface area contributed by atoms with Gasteiger partial charge < -0.3 is 0 Å². The standard InChI is InChI=1S/C17H22/c1-7-10-11-16-14(6)17(16)13(5)15(9-3)12(4)8-2/h9-11,16H,2-3,7H2,1,4-6H3. The Morgan fingerprint density at radius 2 is 2.06 bits per heavy atom. The molecule has 0 bridgehead atoms. The summed E-state index contributed by atoms with van der Waals surface area (Å²) in [5.41, 5.74) is 9.44. The van der Waals surface area contributed by atoms with E-state index in [1.54, 1.807) is 0 Å². The molecule has 1 unspecified atom stereocenters. The molecule has 0 nitrogen and oxygen atoms in total. The summed E-state index contributed by atoms with van der Waals surface area (Å²) in [5.74, 6) is 0.544. The fourth-order valence-electron chi connectivity index (χ4n) is 2.22. The normalized spacial score (nSPS) is 20.1. The summed E-state index contributed by atoms with van der Waals surface area (Å²) >= 11 is 0. The van der Waals surface area contributed by atoms with Gasteiger partial charge in [0.15, 0.2) is 0 Å². The van der Waals surface area contributed by atoms with Crippen molar-refractivity contribution in [2.24, 2.45) is 5.92 Å². The molecule has 0 spiro atoms. The largest absolute Gasteiger partial charge is 0.125 e. The van der Waals surface area contributed by atoms with E-state index < -0.39 is 0 Å². The topological polar surface area (TPSA) is 0 Å². The predicted molar refractivity (Wildman–Crippen MR) is 76.8 cm³/mol. The molecule has 1 atom stereocenters. The zero-order chi connectivity index (χ0) is 13.0. The minimum Gasteiger partial charge on any atom is -0.125 e. The second-order valence-corrected chi connectivity index (χ2v) is 4.46. The van der Waals surface area contributed by atoms with E-state index in [2.05, 4.69) is 51.8 Å². The van der Waals surface area contributed by atoms with Crippen LogP contribution in [0.25, 0.3) is 0 Å². The van der Waals surface area contributed by atoms with Gasteiger partial charge in [0.1, 0.15) is 0 Å². The van der Waals surface area contributed by atoms with Crippen molar-refractivity contribution in [3.05, 3.63) is 65.0 Å². The van der Waals surface area contributed by atoms with Crippen LogP contribution in [0.1, 0.15) is 34.1 Å². The second kappa shape index (κ2) is 5.70. The molecule has 0 heterocycles. The molecular formula is C17H22. The summed E-state index contributed by atoms with van der Waals surface area (Å²) in [5, 5.41) is 0. The fraction of sp³-hybridized carbons (Fsp3) is 0.353. The van der Waals surface area contributed by atoms with Gasteiger partial charge in [-0.05, 0) is 49.5 Å². The van der Waals surface area contributed by atoms with Crippen LogP contribution in [0.4, 0.5) is 0 Å². The van der Waals surface area contributed by atoms with Crippen LogP contribution in [0, 0.1) is 5.92 Å². The Kier molecular flexibility index (Phi) is 4.54. The average Bonchev–Trinajstić information content (AvgIpc) is 2.97. The van der Waals surface area contributed by atoms with Crippen LogP contribution in [0.5, 0.6) is 0 Å². The first-order valence-electron chi connectivity index (χ1n) is 6.16. The first kappa shape index (κ1) is 13.5. The molecule has 0 aromatic heterocycles. The van der Waals surface area contributed by atoms with Crippen molar-refractivity contribution in [1.29, 1.82) is 0 Å². The molecule has 0 aromatic carbocycles. The highest BCUT2D eigenvalue weighted by molar-refractivity contribution is 5.61. The summed E-state index contributed by atoms with van der Waals surface area (Å²) in [4.78, 5) is 0. The molecule has 0 fully saturated rings. The first-order valence-corrected chi connectivity index (χ1v) is 6.16. The van der Waals surface area contributed by atoms with Gasteiger partial charge >= 0.3 is 0 Å². The van der Waals surface area contributed by atoms with Crippen LogP contribution in [0.2, 0.25) is 0 Å². The zero-order valence-electron chi connectivity index (χ0n) is 11.4. The van der Waals surface area contributed by atoms with Crippen molar-refractivity contribution in [3.8, 4) is 0 Å². The molecule has 1 aliphatic rings. The van der Waals surface area contributed by atoms with Crippen LogP contribution in [-0.2, 0) is 0 Å². The van der Waals surface area contributed by atoms with Gasteiger partial charge in [0.2, 0.25) is 0 Å². The summed E-state index contributed by atoms with van der Waals surface area (Å²) in [6.45, 7) is 16.2. The van der Waals surface area contributed by atoms with Crippen LogP contribution in [-0.4, -0.2) is 0 Å². The van der Waals surface area contributed by atoms with Crippen molar-refractivity contribution in [2.75, 3.05) is 0 Å². The molecule has 0 heteroatoms. The molecule has 90 valence electrons. The molecular weight excluding hydrogens is 204 g/mol. The number of rotatable bonds is 5. The van der Waals surface area contributed by atoms with E-state index in [0.717, 1.165) is 12.0 Å². The lowest BCUT2D eigenvalue weighted by Gasteiger charge is -2.05. The van der Waals surface area contributed by atoms with Crippen molar-refractivity contribution < 1.29 is 0 Å². The lowest BCUT2D eigenvalue weighted by molar-refractivity contribution is 1.09. The molecule has 0 radical (unpaired) electrons. The van der Waals surface area contributed by atoms with Crippen LogP contribution >= 0.6 is 0 Å². The molecule has 0 saturated carbocycles. The Labute approximate surface area is 105 Å². The molecule has 0 N–H and O–H groups in total. The smallest absolute Gasteiger partial charge is 0.0234 e. The van der Waals surface area contributed by atoms with Gasteiger partial charge in [-0.25, -0.2) is 0 Å². The van der Waals surface area contributed by atoms with Crippen LogP contribution in [0.15, 0.2) is 65.0 Å². The maximum absolute atomic E-state index is 3.89. The highest BCUT2D eigenvalue weighted by Crippen LogP contribution is 2.46. The lowest BCUT2D eigenvalue weighted by Crippen LogP contribution is -1.88. The second-order valence-electron chi connectivity index (χ2n) is 4.46. The Hall–Kier alpha value is -1.52. The van der Waals surface area contributed by atoms with Crippen molar-refractivity contribution in [2.45, 2.75) is 34.1 Å². The summed E-state index contributed by atoms with van der Waals surface area (Å²) in [6, 6.07) is 0. The monoisotopic (exact) mass is 226 g/mol.